The topological polar surface area (TPSA) is 152 Å². The van der Waals surface area contributed by atoms with Crippen LogP contribution >= 0.6 is 19.4 Å². The van der Waals surface area contributed by atoms with Crippen molar-refractivity contribution in [1.82, 2.24) is 15.5 Å². The molecule has 3 aromatic rings. The van der Waals surface area contributed by atoms with Crippen LogP contribution in [0.5, 0.6) is 0 Å². The van der Waals surface area contributed by atoms with Crippen LogP contribution in [0.4, 0.5) is 5.69 Å². The van der Waals surface area contributed by atoms with Crippen LogP contribution in [0.3, 0.4) is 0 Å². The van der Waals surface area contributed by atoms with E-state index in [0.29, 0.717) is 30.6 Å². The third-order valence-corrected chi connectivity index (χ3v) is 7.04. The highest BCUT2D eigenvalue weighted by atomic mass is 32.2. The molecule has 0 aliphatic carbocycles. The second-order valence-electron chi connectivity index (χ2n) is 7.75. The number of thioether (sulfide) groups is 1. The van der Waals surface area contributed by atoms with Gasteiger partial charge >= 0.3 is 7.60 Å². The number of hydrogen-bond donors (Lipinski definition) is 3. The van der Waals surface area contributed by atoms with Gasteiger partial charge in [-0.1, -0.05) is 43.0 Å². The molecule has 3 N–H and O–H groups in total. The Morgan fingerprint density at radius 1 is 1.24 bits per heavy atom. The molecular weight excluding hydrogens is 479 g/mol. The molecule has 182 valence electrons. The fourth-order valence-corrected chi connectivity index (χ4v) is 4.75. The van der Waals surface area contributed by atoms with Crippen molar-refractivity contribution in [2.45, 2.75) is 43.7 Å². The molecule has 1 atom stereocenters. The van der Waals surface area contributed by atoms with Gasteiger partial charge in [-0.2, -0.15) is 0 Å². The van der Waals surface area contributed by atoms with Crippen molar-refractivity contribution in [3.05, 3.63) is 69.3 Å². The smallest absolute Gasteiger partial charge is 0.325 e. The molecule has 0 aliphatic rings. The molecule has 3 rings (SSSR count). The van der Waals surface area contributed by atoms with Crippen LogP contribution in [0.15, 0.2) is 52.1 Å². The number of aromatic nitrogens is 2. The summed E-state index contributed by atoms with van der Waals surface area (Å²) in [6.45, 7) is 5.06. The molecule has 10 nitrogen and oxygen atoms in total. The summed E-state index contributed by atoms with van der Waals surface area (Å²) in [5.74, 6) is 0.409. The van der Waals surface area contributed by atoms with Gasteiger partial charge in [0.15, 0.2) is 0 Å². The van der Waals surface area contributed by atoms with Crippen LogP contribution in [0.1, 0.15) is 42.2 Å². The molecule has 0 radical (unpaired) electrons. The average molecular weight is 507 g/mol. The lowest BCUT2D eigenvalue weighted by Gasteiger charge is -2.10. The fourth-order valence-electron chi connectivity index (χ4n) is 3.38. The zero-order valence-corrected chi connectivity index (χ0v) is 20.6. The van der Waals surface area contributed by atoms with Crippen LogP contribution in [-0.4, -0.2) is 37.6 Å². The van der Waals surface area contributed by atoms with Gasteiger partial charge in [0.1, 0.15) is 0 Å². The Kier molecular flexibility index (Phi) is 8.98. The quantitative estimate of drug-likeness (QED) is 0.103. The molecule has 0 bridgehead atoms. The molecule has 0 saturated heterocycles. The summed E-state index contributed by atoms with van der Waals surface area (Å²) in [6.07, 6.45) is 1.03. The van der Waals surface area contributed by atoms with Crippen LogP contribution in [-0.2, 0) is 17.5 Å². The van der Waals surface area contributed by atoms with Gasteiger partial charge in [0, 0.05) is 29.5 Å². The van der Waals surface area contributed by atoms with Gasteiger partial charge in [-0.05, 0) is 49.1 Å². The number of nitrogens with one attached hydrogen (secondary N) is 1. The van der Waals surface area contributed by atoms with Crippen molar-refractivity contribution in [2.24, 2.45) is 0 Å². The van der Waals surface area contributed by atoms with E-state index in [1.165, 1.54) is 17.8 Å². The molecule has 2 aromatic carbocycles. The summed E-state index contributed by atoms with van der Waals surface area (Å²) in [6, 6.07) is 12.4. The van der Waals surface area contributed by atoms with Crippen LogP contribution in [0, 0.1) is 10.1 Å². The Bertz CT molecular complexity index is 1180. The minimum Gasteiger partial charge on any atom is -0.411 e. The number of aryl methyl sites for hydroxylation is 1. The normalized spacial score (nSPS) is 12.6. The summed E-state index contributed by atoms with van der Waals surface area (Å²) in [5, 5.41) is 22.8. The van der Waals surface area contributed by atoms with Crippen molar-refractivity contribution in [2.75, 3.05) is 12.7 Å². The molecular formula is C22H27N4O6PS. The molecule has 0 aliphatic heterocycles. The van der Waals surface area contributed by atoms with Crippen LogP contribution in [0.2, 0.25) is 0 Å². The van der Waals surface area contributed by atoms with E-state index in [4.69, 9.17) is 14.2 Å². The third-order valence-electron chi connectivity index (χ3n) is 5.15. The minimum absolute atomic E-state index is 0.0418. The number of benzene rings is 2. The molecule has 1 heterocycles. The summed E-state index contributed by atoms with van der Waals surface area (Å²) >= 11 is 1.34. The van der Waals surface area contributed by atoms with E-state index in [2.05, 4.69) is 15.5 Å². The average Bonchev–Trinajstić information content (AvgIpc) is 3.26. The first-order valence-electron chi connectivity index (χ1n) is 10.8. The van der Waals surface area contributed by atoms with Gasteiger partial charge in [0.05, 0.1) is 11.1 Å². The zero-order chi connectivity index (χ0) is 24.7. The Balaban J connectivity index is 1.64. The SMILES string of the molecule is CCc1cc(CNCCCP(=O)(O)O)ccc1-c1nnc(SC(C)c2cccc([N+](=O)[O-])c2)o1. The highest BCUT2D eigenvalue weighted by molar-refractivity contribution is 7.99. The van der Waals surface area contributed by atoms with Gasteiger partial charge in [0.25, 0.3) is 10.9 Å². The maximum Gasteiger partial charge on any atom is 0.325 e. The number of hydrogen-bond acceptors (Lipinski definition) is 8. The second-order valence-corrected chi connectivity index (χ2v) is 10.8. The Hall–Kier alpha value is -2.56. The minimum atomic E-state index is -3.95. The predicted octanol–water partition coefficient (Wildman–Crippen LogP) is 4.72. The van der Waals surface area contributed by atoms with Crippen molar-refractivity contribution < 1.29 is 23.7 Å². The van der Waals surface area contributed by atoms with E-state index in [1.807, 2.05) is 38.1 Å². The number of nitro benzene ring substituents is 1. The molecule has 0 spiro atoms. The van der Waals surface area contributed by atoms with Crippen molar-refractivity contribution in [3.8, 4) is 11.5 Å². The van der Waals surface area contributed by atoms with E-state index < -0.39 is 12.5 Å². The van der Waals surface area contributed by atoms with Gasteiger partial charge < -0.3 is 19.5 Å². The third kappa shape index (κ3) is 7.48. The lowest BCUT2D eigenvalue weighted by atomic mass is 10.0. The fraction of sp³-hybridized carbons (Fsp3) is 0.364. The van der Waals surface area contributed by atoms with Crippen molar-refractivity contribution in [1.29, 1.82) is 0 Å². The summed E-state index contributed by atoms with van der Waals surface area (Å²) in [7, 11) is -3.95. The monoisotopic (exact) mass is 506 g/mol. The largest absolute Gasteiger partial charge is 0.411 e. The van der Waals surface area contributed by atoms with Gasteiger partial charge in [0.2, 0.25) is 5.89 Å². The molecule has 1 unspecified atom stereocenters. The summed E-state index contributed by atoms with van der Waals surface area (Å²) in [5.41, 5.74) is 3.77. The molecule has 0 amide bonds. The number of rotatable bonds is 12. The Morgan fingerprint density at radius 3 is 2.74 bits per heavy atom. The van der Waals surface area contributed by atoms with Gasteiger partial charge in [-0.15, -0.1) is 10.2 Å². The van der Waals surface area contributed by atoms with Crippen LogP contribution in [0.25, 0.3) is 11.5 Å². The van der Waals surface area contributed by atoms with Crippen molar-refractivity contribution >= 4 is 25.0 Å². The van der Waals surface area contributed by atoms with Gasteiger partial charge in [-0.3, -0.25) is 14.7 Å². The molecule has 0 fully saturated rings. The summed E-state index contributed by atoms with van der Waals surface area (Å²) < 4.78 is 16.8. The zero-order valence-electron chi connectivity index (χ0n) is 18.9. The van der Waals surface area contributed by atoms with E-state index >= 15 is 0 Å². The maximum absolute atomic E-state index is 11.0. The summed E-state index contributed by atoms with van der Waals surface area (Å²) in [4.78, 5) is 28.4. The predicted molar refractivity (Wildman–Crippen MR) is 130 cm³/mol. The first kappa shape index (κ1) is 26.1. The first-order chi connectivity index (χ1) is 16.2. The lowest BCUT2D eigenvalue weighted by Crippen LogP contribution is -2.16. The number of nitro groups is 1. The standard InChI is InChI=1S/C22H27N4O6PS/c1-3-17-12-16(14-23-10-5-11-33(29,30)31)8-9-20(17)21-24-25-22(32-21)34-15(2)18-6-4-7-19(13-18)26(27)28/h4,6-9,12-13,15,23H,3,5,10-11,14H2,1-2H3,(H2,29,30,31). The van der Waals surface area contributed by atoms with Gasteiger partial charge in [-0.25, -0.2) is 0 Å². The van der Waals surface area contributed by atoms with E-state index in [9.17, 15) is 14.7 Å². The van der Waals surface area contributed by atoms with Crippen LogP contribution < -0.4 is 5.32 Å². The number of non-ortho nitro benzene ring substituents is 1. The van der Waals surface area contributed by atoms with E-state index in [-0.39, 0.29) is 17.1 Å². The maximum atomic E-state index is 11.0. The number of nitrogens with zero attached hydrogens (tertiary/aromatic N) is 3. The Labute approximate surface area is 201 Å². The highest BCUT2D eigenvalue weighted by Crippen LogP contribution is 2.37. The van der Waals surface area contributed by atoms with E-state index in [0.717, 1.165) is 28.7 Å². The second kappa shape index (κ2) is 11.7. The van der Waals surface area contributed by atoms with Crippen molar-refractivity contribution in [3.63, 3.8) is 0 Å². The lowest BCUT2D eigenvalue weighted by molar-refractivity contribution is -0.384. The molecule has 12 heteroatoms. The first-order valence-corrected chi connectivity index (χ1v) is 13.5. The molecule has 34 heavy (non-hydrogen) atoms. The molecule has 0 saturated carbocycles. The van der Waals surface area contributed by atoms with E-state index in [1.54, 1.807) is 12.1 Å². The Morgan fingerprint density at radius 2 is 2.03 bits per heavy atom. The highest BCUT2D eigenvalue weighted by Gasteiger charge is 2.18. The molecule has 1 aromatic heterocycles.